The molecule has 2 aromatic rings. The standard InChI is InChI=1S/C14H12BrCl2NO2/c1-19-13-3-2-8(4-12(13)18)7-20-14-6-10(16)9(15)5-11(14)17/h2-6H,7,18H2,1H3. The molecule has 0 saturated carbocycles. The minimum Gasteiger partial charge on any atom is -0.495 e. The van der Waals surface area contributed by atoms with Crippen molar-refractivity contribution in [2.24, 2.45) is 0 Å². The van der Waals surface area contributed by atoms with Crippen molar-refractivity contribution in [1.29, 1.82) is 0 Å². The van der Waals surface area contributed by atoms with Crippen molar-refractivity contribution < 1.29 is 9.47 Å². The smallest absolute Gasteiger partial charge is 0.141 e. The monoisotopic (exact) mass is 375 g/mol. The van der Waals surface area contributed by atoms with Crippen LogP contribution in [-0.4, -0.2) is 7.11 Å². The number of hydrogen-bond donors (Lipinski definition) is 1. The Balaban J connectivity index is 2.13. The first kappa shape index (κ1) is 15.3. The molecule has 20 heavy (non-hydrogen) atoms. The molecule has 3 nitrogen and oxygen atoms in total. The average molecular weight is 377 g/mol. The van der Waals surface area contributed by atoms with Crippen LogP contribution in [0.4, 0.5) is 5.69 Å². The minimum atomic E-state index is 0.339. The van der Waals surface area contributed by atoms with E-state index in [0.717, 1.165) is 10.0 Å². The lowest BCUT2D eigenvalue weighted by molar-refractivity contribution is 0.306. The Kier molecular flexibility index (Phi) is 5.02. The van der Waals surface area contributed by atoms with Crippen molar-refractivity contribution in [2.45, 2.75) is 6.61 Å². The zero-order valence-corrected chi connectivity index (χ0v) is 13.7. The van der Waals surface area contributed by atoms with Gasteiger partial charge in [0.05, 0.1) is 22.8 Å². The van der Waals surface area contributed by atoms with Crippen LogP contribution in [0.15, 0.2) is 34.8 Å². The molecule has 106 valence electrons. The van der Waals surface area contributed by atoms with Crippen molar-refractivity contribution in [3.63, 3.8) is 0 Å². The van der Waals surface area contributed by atoms with E-state index >= 15 is 0 Å². The van der Waals surface area contributed by atoms with Gasteiger partial charge in [0.1, 0.15) is 18.1 Å². The number of halogens is 3. The Morgan fingerprint density at radius 1 is 1.10 bits per heavy atom. The second-order valence-electron chi connectivity index (χ2n) is 4.06. The molecule has 0 atom stereocenters. The first-order valence-electron chi connectivity index (χ1n) is 5.71. The number of methoxy groups -OCH3 is 1. The molecule has 2 aromatic carbocycles. The van der Waals surface area contributed by atoms with E-state index in [1.807, 2.05) is 6.07 Å². The van der Waals surface area contributed by atoms with E-state index in [0.29, 0.717) is 33.8 Å². The lowest BCUT2D eigenvalue weighted by atomic mass is 10.2. The summed E-state index contributed by atoms with van der Waals surface area (Å²) in [5.41, 5.74) is 7.32. The SMILES string of the molecule is COc1ccc(COc2cc(Cl)c(Br)cc2Cl)cc1N. The Labute approximate surface area is 135 Å². The highest BCUT2D eigenvalue weighted by atomic mass is 79.9. The zero-order valence-electron chi connectivity index (χ0n) is 10.6. The maximum Gasteiger partial charge on any atom is 0.141 e. The Morgan fingerprint density at radius 3 is 2.50 bits per heavy atom. The third-order valence-corrected chi connectivity index (χ3v) is 4.16. The summed E-state index contributed by atoms with van der Waals surface area (Å²) in [6.07, 6.45) is 0. The largest absolute Gasteiger partial charge is 0.495 e. The van der Waals surface area contributed by atoms with E-state index in [4.69, 9.17) is 38.4 Å². The van der Waals surface area contributed by atoms with Crippen LogP contribution in [0.2, 0.25) is 10.0 Å². The van der Waals surface area contributed by atoms with Crippen LogP contribution in [0.25, 0.3) is 0 Å². The van der Waals surface area contributed by atoms with Crippen molar-refractivity contribution in [3.8, 4) is 11.5 Å². The lowest BCUT2D eigenvalue weighted by Crippen LogP contribution is -1.99. The van der Waals surface area contributed by atoms with E-state index in [1.165, 1.54) is 0 Å². The topological polar surface area (TPSA) is 44.5 Å². The molecule has 0 radical (unpaired) electrons. The summed E-state index contributed by atoms with van der Waals surface area (Å²) in [7, 11) is 1.57. The van der Waals surface area contributed by atoms with E-state index in [9.17, 15) is 0 Å². The summed E-state index contributed by atoms with van der Waals surface area (Å²) in [4.78, 5) is 0. The molecule has 2 rings (SSSR count). The summed E-state index contributed by atoms with van der Waals surface area (Å²) in [6.45, 7) is 0.339. The van der Waals surface area contributed by atoms with E-state index in [2.05, 4.69) is 15.9 Å². The molecule has 0 spiro atoms. The minimum absolute atomic E-state index is 0.339. The fourth-order valence-corrected chi connectivity index (χ4v) is 2.50. The first-order valence-corrected chi connectivity index (χ1v) is 7.26. The molecule has 0 heterocycles. The predicted molar refractivity (Wildman–Crippen MR) is 85.9 cm³/mol. The van der Waals surface area contributed by atoms with Crippen LogP contribution in [0.1, 0.15) is 5.56 Å². The molecular weight excluding hydrogens is 365 g/mol. The van der Waals surface area contributed by atoms with Gasteiger partial charge in [-0.05, 0) is 39.7 Å². The number of hydrogen-bond acceptors (Lipinski definition) is 3. The van der Waals surface area contributed by atoms with E-state index in [-0.39, 0.29) is 0 Å². The normalized spacial score (nSPS) is 10.4. The fourth-order valence-electron chi connectivity index (χ4n) is 1.65. The maximum atomic E-state index is 6.09. The van der Waals surface area contributed by atoms with E-state index < -0.39 is 0 Å². The van der Waals surface area contributed by atoms with Crippen molar-refractivity contribution in [3.05, 3.63) is 50.4 Å². The highest BCUT2D eigenvalue weighted by molar-refractivity contribution is 9.10. The van der Waals surface area contributed by atoms with Crippen LogP contribution in [0.3, 0.4) is 0 Å². The number of rotatable bonds is 4. The number of nitrogen functional groups attached to an aromatic ring is 1. The summed E-state index contributed by atoms with van der Waals surface area (Å²) in [6, 6.07) is 8.84. The van der Waals surface area contributed by atoms with Gasteiger partial charge in [0, 0.05) is 10.5 Å². The molecule has 0 aliphatic carbocycles. The van der Waals surface area contributed by atoms with Gasteiger partial charge >= 0.3 is 0 Å². The van der Waals surface area contributed by atoms with Crippen LogP contribution >= 0.6 is 39.1 Å². The molecule has 2 N–H and O–H groups in total. The first-order chi connectivity index (χ1) is 9.51. The fraction of sp³-hybridized carbons (Fsp3) is 0.143. The molecule has 0 aliphatic rings. The van der Waals surface area contributed by atoms with Gasteiger partial charge in [-0.1, -0.05) is 29.3 Å². The molecule has 0 bridgehead atoms. The van der Waals surface area contributed by atoms with Gasteiger partial charge in [0.15, 0.2) is 0 Å². The Bertz CT molecular complexity index is 635. The third-order valence-electron chi connectivity index (χ3n) is 2.66. The summed E-state index contributed by atoms with van der Waals surface area (Å²) in [5, 5.41) is 1.03. The summed E-state index contributed by atoms with van der Waals surface area (Å²) in [5.74, 6) is 1.16. The van der Waals surface area contributed by atoms with Gasteiger partial charge < -0.3 is 15.2 Å². The molecule has 6 heteroatoms. The number of anilines is 1. The molecule has 0 fully saturated rings. The number of nitrogens with two attached hydrogens (primary N) is 1. The van der Waals surface area contributed by atoms with Crippen LogP contribution in [0, 0.1) is 0 Å². The van der Waals surface area contributed by atoms with Crippen LogP contribution in [-0.2, 0) is 6.61 Å². The third kappa shape index (κ3) is 3.51. The maximum absolute atomic E-state index is 6.09. The van der Waals surface area contributed by atoms with Gasteiger partial charge in [-0.2, -0.15) is 0 Å². The Hall–Kier alpha value is -1.10. The number of benzene rings is 2. The quantitative estimate of drug-likeness (QED) is 0.608. The summed E-state index contributed by atoms with van der Waals surface area (Å²) < 4.78 is 11.5. The number of ether oxygens (including phenoxy) is 2. The zero-order chi connectivity index (χ0) is 14.7. The Morgan fingerprint density at radius 2 is 1.85 bits per heavy atom. The van der Waals surface area contributed by atoms with Gasteiger partial charge in [-0.25, -0.2) is 0 Å². The second kappa shape index (κ2) is 6.57. The van der Waals surface area contributed by atoms with Gasteiger partial charge in [-0.3, -0.25) is 0 Å². The van der Waals surface area contributed by atoms with Gasteiger partial charge in [-0.15, -0.1) is 0 Å². The van der Waals surface area contributed by atoms with Crippen LogP contribution in [0.5, 0.6) is 11.5 Å². The van der Waals surface area contributed by atoms with Crippen LogP contribution < -0.4 is 15.2 Å². The molecule has 0 aliphatic heterocycles. The lowest BCUT2D eigenvalue weighted by Gasteiger charge is -2.11. The highest BCUT2D eigenvalue weighted by Gasteiger charge is 2.08. The van der Waals surface area contributed by atoms with Gasteiger partial charge in [0.2, 0.25) is 0 Å². The predicted octanol–water partition coefficient (Wildman–Crippen LogP) is 4.93. The second-order valence-corrected chi connectivity index (χ2v) is 5.73. The highest BCUT2D eigenvalue weighted by Crippen LogP contribution is 2.34. The molecule has 0 aromatic heterocycles. The molecule has 0 unspecified atom stereocenters. The van der Waals surface area contributed by atoms with Crippen molar-refractivity contribution >= 4 is 44.8 Å². The van der Waals surface area contributed by atoms with Gasteiger partial charge in [0.25, 0.3) is 0 Å². The average Bonchev–Trinajstić information content (AvgIpc) is 2.41. The van der Waals surface area contributed by atoms with E-state index in [1.54, 1.807) is 31.4 Å². The van der Waals surface area contributed by atoms with Crippen molar-refractivity contribution in [2.75, 3.05) is 12.8 Å². The molecule has 0 saturated heterocycles. The molecule has 0 amide bonds. The molecular formula is C14H12BrCl2NO2. The summed E-state index contributed by atoms with van der Waals surface area (Å²) >= 11 is 15.4. The van der Waals surface area contributed by atoms with Crippen molar-refractivity contribution in [1.82, 2.24) is 0 Å².